The van der Waals surface area contributed by atoms with Gasteiger partial charge in [0, 0.05) is 0 Å². The van der Waals surface area contributed by atoms with Crippen molar-refractivity contribution in [2.45, 2.75) is 23.6 Å². The highest BCUT2D eigenvalue weighted by molar-refractivity contribution is 6.22. The molecule has 2 bridgehead atoms. The summed E-state index contributed by atoms with van der Waals surface area (Å²) >= 11 is 6.06. The fourth-order valence-electron chi connectivity index (χ4n) is 2.60. The smallest absolute Gasteiger partial charge is 0.312 e. The molecule has 2 aliphatic rings. The first-order chi connectivity index (χ1) is 8.02. The minimum atomic E-state index is -0.736. The Bertz CT molecular complexity index is 318. The molecule has 0 saturated carbocycles. The van der Waals surface area contributed by atoms with Crippen LogP contribution in [-0.4, -0.2) is 49.8 Å². The standard InChI is InChI=1S/C10H14ClNO5/c1-15-9(13)3-4(10(14)16-2)8-6(12)5(11)7(3)17-8/h3-8H,12H2,1-2H3/t3-,4+,5-,6-,7-,8+/m1/s1. The largest absolute Gasteiger partial charge is 0.469 e. The minimum absolute atomic E-state index is 0.480. The van der Waals surface area contributed by atoms with Crippen LogP contribution in [0.3, 0.4) is 0 Å². The molecule has 0 amide bonds. The van der Waals surface area contributed by atoms with E-state index in [1.54, 1.807) is 0 Å². The molecule has 0 spiro atoms. The van der Waals surface area contributed by atoms with Gasteiger partial charge >= 0.3 is 11.9 Å². The van der Waals surface area contributed by atoms with Crippen LogP contribution in [0, 0.1) is 11.8 Å². The van der Waals surface area contributed by atoms with Crippen molar-refractivity contribution >= 4 is 23.5 Å². The number of carbonyl (C=O) groups is 2. The second-order valence-electron chi connectivity index (χ2n) is 4.18. The van der Waals surface area contributed by atoms with E-state index in [4.69, 9.17) is 22.1 Å². The maximum atomic E-state index is 11.7. The van der Waals surface area contributed by atoms with E-state index in [2.05, 4.69) is 9.47 Å². The van der Waals surface area contributed by atoms with Crippen molar-refractivity contribution < 1.29 is 23.8 Å². The number of hydrogen-bond donors (Lipinski definition) is 1. The molecule has 7 heteroatoms. The topological polar surface area (TPSA) is 87.9 Å². The van der Waals surface area contributed by atoms with Gasteiger partial charge in [-0.15, -0.1) is 11.6 Å². The third-order valence-electron chi connectivity index (χ3n) is 3.42. The first-order valence-electron chi connectivity index (χ1n) is 5.23. The lowest BCUT2D eigenvalue weighted by Gasteiger charge is -2.30. The summed E-state index contributed by atoms with van der Waals surface area (Å²) in [6.07, 6.45) is -1.17. The zero-order valence-electron chi connectivity index (χ0n) is 9.46. The fourth-order valence-corrected chi connectivity index (χ4v) is 2.96. The lowest BCUT2D eigenvalue weighted by atomic mass is 9.77. The van der Waals surface area contributed by atoms with E-state index in [0.29, 0.717) is 0 Å². The number of esters is 2. The average molecular weight is 264 g/mol. The van der Waals surface area contributed by atoms with Crippen molar-refractivity contribution in [3.05, 3.63) is 0 Å². The van der Waals surface area contributed by atoms with Gasteiger partial charge in [0.2, 0.25) is 0 Å². The van der Waals surface area contributed by atoms with E-state index >= 15 is 0 Å². The molecule has 6 nitrogen and oxygen atoms in total. The molecule has 0 aliphatic carbocycles. The summed E-state index contributed by atoms with van der Waals surface area (Å²) in [5, 5.41) is -0.495. The number of ether oxygens (including phenoxy) is 3. The summed E-state index contributed by atoms with van der Waals surface area (Å²) < 4.78 is 14.8. The Morgan fingerprint density at radius 3 is 2.06 bits per heavy atom. The number of carbonyl (C=O) groups excluding carboxylic acids is 2. The van der Waals surface area contributed by atoms with E-state index in [0.717, 1.165) is 0 Å². The molecule has 0 aromatic carbocycles. The molecular formula is C10H14ClNO5. The number of hydrogen-bond acceptors (Lipinski definition) is 6. The summed E-state index contributed by atoms with van der Waals surface area (Å²) in [6, 6.07) is -0.480. The summed E-state index contributed by atoms with van der Waals surface area (Å²) in [4.78, 5) is 23.4. The quantitative estimate of drug-likeness (QED) is 0.523. The van der Waals surface area contributed by atoms with Gasteiger partial charge in [-0.2, -0.15) is 0 Å². The van der Waals surface area contributed by atoms with E-state index < -0.39 is 47.4 Å². The number of alkyl halides is 1. The van der Waals surface area contributed by atoms with Gasteiger partial charge in [-0.1, -0.05) is 0 Å². The van der Waals surface area contributed by atoms with Crippen molar-refractivity contribution in [2.75, 3.05) is 14.2 Å². The minimum Gasteiger partial charge on any atom is -0.469 e. The number of halogens is 1. The molecule has 2 rings (SSSR count). The van der Waals surface area contributed by atoms with Crippen LogP contribution in [0.25, 0.3) is 0 Å². The third-order valence-corrected chi connectivity index (χ3v) is 3.96. The maximum Gasteiger partial charge on any atom is 0.312 e. The third kappa shape index (κ3) is 1.71. The second kappa shape index (κ2) is 4.44. The molecular weight excluding hydrogens is 250 g/mol. The molecule has 0 unspecified atom stereocenters. The highest BCUT2D eigenvalue weighted by Crippen LogP contribution is 2.46. The van der Waals surface area contributed by atoms with E-state index in [1.165, 1.54) is 14.2 Å². The second-order valence-corrected chi connectivity index (χ2v) is 4.69. The predicted molar refractivity (Wildman–Crippen MR) is 57.3 cm³/mol. The molecule has 2 heterocycles. The van der Waals surface area contributed by atoms with Crippen LogP contribution < -0.4 is 5.73 Å². The number of methoxy groups -OCH3 is 2. The molecule has 2 fully saturated rings. The van der Waals surface area contributed by atoms with Crippen molar-refractivity contribution in [2.24, 2.45) is 17.6 Å². The molecule has 2 aliphatic heterocycles. The van der Waals surface area contributed by atoms with Crippen LogP contribution in [0.2, 0.25) is 0 Å². The van der Waals surface area contributed by atoms with Gasteiger partial charge in [-0.05, 0) is 0 Å². The van der Waals surface area contributed by atoms with Gasteiger partial charge in [-0.3, -0.25) is 9.59 Å². The SMILES string of the molecule is COC(=O)[C@@H]1[C@@H]2O[C@@H]([C@H](Cl)[C@H]2N)[C@@H]1C(=O)OC. The molecule has 2 N–H and O–H groups in total. The van der Waals surface area contributed by atoms with Crippen molar-refractivity contribution in [1.29, 1.82) is 0 Å². The van der Waals surface area contributed by atoms with Gasteiger partial charge in [-0.25, -0.2) is 0 Å². The Morgan fingerprint density at radius 1 is 1.12 bits per heavy atom. The Kier molecular flexibility index (Phi) is 3.29. The fraction of sp³-hybridized carbons (Fsp3) is 0.800. The number of rotatable bonds is 2. The van der Waals surface area contributed by atoms with Crippen LogP contribution >= 0.6 is 11.6 Å². The van der Waals surface area contributed by atoms with Crippen LogP contribution in [0.5, 0.6) is 0 Å². The molecule has 6 atom stereocenters. The summed E-state index contributed by atoms with van der Waals surface area (Å²) in [6.45, 7) is 0. The zero-order valence-corrected chi connectivity index (χ0v) is 10.2. The molecule has 2 saturated heterocycles. The molecule has 0 aromatic heterocycles. The number of fused-ring (bicyclic) bond motifs is 2. The number of nitrogens with two attached hydrogens (primary N) is 1. The lowest BCUT2D eigenvalue weighted by molar-refractivity contribution is -0.158. The molecule has 0 aromatic rings. The Balaban J connectivity index is 2.29. The maximum absolute atomic E-state index is 11.7. The predicted octanol–water partition coefficient (Wildman–Crippen LogP) is -0.719. The van der Waals surface area contributed by atoms with Crippen molar-refractivity contribution in [3.8, 4) is 0 Å². The van der Waals surface area contributed by atoms with Crippen molar-refractivity contribution in [1.82, 2.24) is 0 Å². The van der Waals surface area contributed by atoms with E-state index in [-0.39, 0.29) is 0 Å². The highest BCUT2D eigenvalue weighted by atomic mass is 35.5. The Morgan fingerprint density at radius 2 is 1.59 bits per heavy atom. The van der Waals surface area contributed by atoms with E-state index in [1.807, 2.05) is 0 Å². The first-order valence-corrected chi connectivity index (χ1v) is 5.67. The summed E-state index contributed by atoms with van der Waals surface area (Å²) in [5.41, 5.74) is 5.83. The Hall–Kier alpha value is -0.850. The average Bonchev–Trinajstić information content (AvgIpc) is 2.85. The van der Waals surface area contributed by atoms with Gasteiger partial charge in [0.05, 0.1) is 37.8 Å². The van der Waals surface area contributed by atoms with Crippen molar-refractivity contribution in [3.63, 3.8) is 0 Å². The summed E-state index contributed by atoms with van der Waals surface area (Å²) in [7, 11) is 2.51. The van der Waals surface area contributed by atoms with Gasteiger partial charge in [0.1, 0.15) is 11.8 Å². The first kappa shape index (κ1) is 12.6. The lowest BCUT2D eigenvalue weighted by Crippen LogP contribution is -2.53. The Labute approximate surface area is 103 Å². The van der Waals surface area contributed by atoms with Crippen LogP contribution in [0.1, 0.15) is 0 Å². The van der Waals surface area contributed by atoms with Crippen LogP contribution in [-0.2, 0) is 23.8 Å². The molecule has 17 heavy (non-hydrogen) atoms. The molecule has 96 valence electrons. The van der Waals surface area contributed by atoms with Gasteiger partial charge < -0.3 is 19.9 Å². The summed E-state index contributed by atoms with van der Waals surface area (Å²) in [5.74, 6) is -2.51. The van der Waals surface area contributed by atoms with Gasteiger partial charge in [0.15, 0.2) is 0 Å². The van der Waals surface area contributed by atoms with E-state index in [9.17, 15) is 9.59 Å². The molecule has 0 radical (unpaired) electrons. The monoisotopic (exact) mass is 263 g/mol. The highest BCUT2D eigenvalue weighted by Gasteiger charge is 2.63. The van der Waals surface area contributed by atoms with Crippen LogP contribution in [0.4, 0.5) is 0 Å². The normalized spacial score (nSPS) is 43.5. The van der Waals surface area contributed by atoms with Crippen LogP contribution in [0.15, 0.2) is 0 Å². The zero-order chi connectivity index (χ0) is 12.7. The van der Waals surface area contributed by atoms with Gasteiger partial charge in [0.25, 0.3) is 0 Å².